The SMILES string of the molecule is CC(=O)Nc1cccc(COCCOc2ccc(CCNC[C@@H](O)c3ccc(O)c(CO)c3)cc2)c1. The lowest BCUT2D eigenvalue weighted by atomic mass is 10.1. The summed E-state index contributed by atoms with van der Waals surface area (Å²) in [5.74, 6) is 0.684. The number of aliphatic hydroxyl groups is 2. The van der Waals surface area contributed by atoms with Crippen molar-refractivity contribution in [2.45, 2.75) is 32.7 Å². The van der Waals surface area contributed by atoms with Gasteiger partial charge in [-0.15, -0.1) is 0 Å². The number of phenols is 1. The Balaban J connectivity index is 1.31. The molecule has 0 aliphatic heterocycles. The Morgan fingerprint density at radius 1 is 1.00 bits per heavy atom. The van der Waals surface area contributed by atoms with E-state index in [1.807, 2.05) is 48.5 Å². The van der Waals surface area contributed by atoms with Crippen LogP contribution in [-0.4, -0.2) is 47.5 Å². The molecule has 0 radical (unpaired) electrons. The van der Waals surface area contributed by atoms with Crippen molar-refractivity contribution in [3.63, 3.8) is 0 Å². The van der Waals surface area contributed by atoms with Gasteiger partial charge in [-0.3, -0.25) is 4.79 Å². The highest BCUT2D eigenvalue weighted by molar-refractivity contribution is 5.88. The standard InChI is InChI=1S/C28H34N2O6/c1-20(32)30-25-4-2-3-22(15-25)19-35-13-14-36-26-8-5-21(6-9-26)11-12-29-17-28(34)23-7-10-27(33)24(16-23)18-31/h2-10,15-16,28-29,31,33-34H,11-14,17-19H2,1H3,(H,30,32)/t28-/m1/s1. The fraction of sp³-hybridized carbons (Fsp3) is 0.321. The van der Waals surface area contributed by atoms with E-state index in [0.717, 1.165) is 29.0 Å². The molecule has 3 aromatic rings. The van der Waals surface area contributed by atoms with E-state index < -0.39 is 6.10 Å². The number of ether oxygens (including phenoxy) is 2. The molecule has 0 spiro atoms. The first-order valence-electron chi connectivity index (χ1n) is 11.9. The van der Waals surface area contributed by atoms with Crippen LogP contribution in [0.3, 0.4) is 0 Å². The van der Waals surface area contributed by atoms with Crippen LogP contribution in [0.5, 0.6) is 11.5 Å². The number of hydrogen-bond donors (Lipinski definition) is 5. The number of aliphatic hydroxyl groups excluding tert-OH is 2. The van der Waals surface area contributed by atoms with Gasteiger partial charge in [-0.1, -0.05) is 30.3 Å². The van der Waals surface area contributed by atoms with Crippen LogP contribution in [0.1, 0.15) is 35.3 Å². The van der Waals surface area contributed by atoms with Crippen molar-refractivity contribution in [3.05, 3.63) is 89.0 Å². The number of rotatable bonds is 14. The normalized spacial score (nSPS) is 11.8. The van der Waals surface area contributed by atoms with E-state index in [-0.39, 0.29) is 18.3 Å². The second-order valence-corrected chi connectivity index (χ2v) is 8.44. The van der Waals surface area contributed by atoms with Gasteiger partial charge in [-0.25, -0.2) is 0 Å². The Morgan fingerprint density at radius 3 is 2.56 bits per heavy atom. The predicted octanol–water partition coefficient (Wildman–Crippen LogP) is 3.30. The van der Waals surface area contributed by atoms with Gasteiger partial charge < -0.3 is 35.4 Å². The lowest BCUT2D eigenvalue weighted by Crippen LogP contribution is -2.23. The molecule has 8 heteroatoms. The van der Waals surface area contributed by atoms with Crippen molar-refractivity contribution in [1.29, 1.82) is 0 Å². The Kier molecular flexibility index (Phi) is 10.7. The summed E-state index contributed by atoms with van der Waals surface area (Å²) in [5.41, 5.74) is 3.92. The molecule has 0 saturated heterocycles. The van der Waals surface area contributed by atoms with Crippen molar-refractivity contribution in [3.8, 4) is 11.5 Å². The van der Waals surface area contributed by atoms with E-state index in [1.54, 1.807) is 12.1 Å². The molecular formula is C28H34N2O6. The first kappa shape index (κ1) is 27.2. The molecule has 1 amide bonds. The summed E-state index contributed by atoms with van der Waals surface area (Å²) < 4.78 is 11.4. The molecule has 0 aliphatic rings. The van der Waals surface area contributed by atoms with Crippen LogP contribution in [0.15, 0.2) is 66.7 Å². The zero-order valence-electron chi connectivity index (χ0n) is 20.4. The summed E-state index contributed by atoms with van der Waals surface area (Å²) in [4.78, 5) is 11.2. The summed E-state index contributed by atoms with van der Waals surface area (Å²) in [6.07, 6.45) is 0.0699. The first-order valence-corrected chi connectivity index (χ1v) is 11.9. The van der Waals surface area contributed by atoms with Gasteiger partial charge in [0.15, 0.2) is 0 Å². The number of nitrogens with one attached hydrogen (secondary N) is 2. The first-order chi connectivity index (χ1) is 17.4. The Labute approximate surface area is 211 Å². The van der Waals surface area contributed by atoms with Gasteiger partial charge in [0.2, 0.25) is 5.91 Å². The molecule has 0 heterocycles. The highest BCUT2D eigenvalue weighted by Crippen LogP contribution is 2.22. The van der Waals surface area contributed by atoms with E-state index in [9.17, 15) is 20.1 Å². The van der Waals surface area contributed by atoms with Crippen molar-refractivity contribution in [2.75, 3.05) is 31.6 Å². The second kappa shape index (κ2) is 14.2. The van der Waals surface area contributed by atoms with Crippen molar-refractivity contribution < 1.29 is 29.6 Å². The predicted molar refractivity (Wildman–Crippen MR) is 138 cm³/mol. The average molecular weight is 495 g/mol. The molecule has 0 unspecified atom stereocenters. The fourth-order valence-electron chi connectivity index (χ4n) is 3.63. The highest BCUT2D eigenvalue weighted by atomic mass is 16.5. The van der Waals surface area contributed by atoms with Gasteiger partial charge in [0, 0.05) is 24.7 Å². The van der Waals surface area contributed by atoms with E-state index in [4.69, 9.17) is 9.47 Å². The zero-order chi connectivity index (χ0) is 25.8. The van der Waals surface area contributed by atoms with Crippen molar-refractivity contribution >= 4 is 11.6 Å². The zero-order valence-corrected chi connectivity index (χ0v) is 20.4. The van der Waals surface area contributed by atoms with Crippen LogP contribution in [0.25, 0.3) is 0 Å². The summed E-state index contributed by atoms with van der Waals surface area (Å²) in [5, 5.41) is 35.2. The Hall–Kier alpha value is -3.43. The summed E-state index contributed by atoms with van der Waals surface area (Å²) in [7, 11) is 0. The molecule has 0 saturated carbocycles. The molecule has 5 N–H and O–H groups in total. The van der Waals surface area contributed by atoms with Gasteiger partial charge in [-0.05, 0) is 66.1 Å². The summed E-state index contributed by atoms with van der Waals surface area (Å²) >= 11 is 0. The van der Waals surface area contributed by atoms with Crippen molar-refractivity contribution in [1.82, 2.24) is 5.32 Å². The highest BCUT2D eigenvalue weighted by Gasteiger charge is 2.10. The third-order valence-electron chi connectivity index (χ3n) is 5.52. The lowest BCUT2D eigenvalue weighted by molar-refractivity contribution is -0.114. The largest absolute Gasteiger partial charge is 0.508 e. The van der Waals surface area contributed by atoms with Crippen LogP contribution in [0.4, 0.5) is 5.69 Å². The number of amides is 1. The molecule has 3 aromatic carbocycles. The second-order valence-electron chi connectivity index (χ2n) is 8.44. The van der Waals surface area contributed by atoms with E-state index in [0.29, 0.717) is 44.0 Å². The topological polar surface area (TPSA) is 120 Å². The minimum absolute atomic E-state index is 0.0203. The molecule has 3 rings (SSSR count). The average Bonchev–Trinajstić information content (AvgIpc) is 2.87. The molecule has 0 aliphatic carbocycles. The molecule has 192 valence electrons. The van der Waals surface area contributed by atoms with Crippen molar-refractivity contribution in [2.24, 2.45) is 0 Å². The smallest absolute Gasteiger partial charge is 0.221 e. The molecule has 0 aromatic heterocycles. The quantitative estimate of drug-likeness (QED) is 0.218. The number of aromatic hydroxyl groups is 1. The van der Waals surface area contributed by atoms with E-state index in [1.165, 1.54) is 13.0 Å². The van der Waals surface area contributed by atoms with E-state index >= 15 is 0 Å². The van der Waals surface area contributed by atoms with Crippen LogP contribution in [0.2, 0.25) is 0 Å². The van der Waals surface area contributed by atoms with Crippen LogP contribution >= 0.6 is 0 Å². The summed E-state index contributed by atoms with van der Waals surface area (Å²) in [6.45, 7) is 3.58. The van der Waals surface area contributed by atoms with E-state index in [2.05, 4.69) is 10.6 Å². The molecular weight excluding hydrogens is 460 g/mol. The van der Waals surface area contributed by atoms with Gasteiger partial charge in [-0.2, -0.15) is 0 Å². The Morgan fingerprint density at radius 2 is 1.81 bits per heavy atom. The maximum absolute atomic E-state index is 11.2. The van der Waals surface area contributed by atoms with Gasteiger partial charge >= 0.3 is 0 Å². The maximum Gasteiger partial charge on any atom is 0.221 e. The van der Waals surface area contributed by atoms with Gasteiger partial charge in [0.05, 0.1) is 25.9 Å². The lowest BCUT2D eigenvalue weighted by Gasteiger charge is -2.14. The molecule has 8 nitrogen and oxygen atoms in total. The monoisotopic (exact) mass is 494 g/mol. The molecule has 1 atom stereocenters. The number of hydrogen-bond acceptors (Lipinski definition) is 7. The van der Waals surface area contributed by atoms with Crippen LogP contribution in [-0.2, 0) is 29.2 Å². The van der Waals surface area contributed by atoms with Gasteiger partial charge in [0.25, 0.3) is 0 Å². The third-order valence-corrected chi connectivity index (χ3v) is 5.52. The van der Waals surface area contributed by atoms with Crippen LogP contribution < -0.4 is 15.4 Å². The minimum Gasteiger partial charge on any atom is -0.508 e. The number of anilines is 1. The molecule has 0 fully saturated rings. The maximum atomic E-state index is 11.2. The Bertz CT molecular complexity index is 1100. The molecule has 36 heavy (non-hydrogen) atoms. The number of carbonyl (C=O) groups excluding carboxylic acids is 1. The third kappa shape index (κ3) is 8.98. The number of carbonyl (C=O) groups is 1. The minimum atomic E-state index is -0.727. The molecule has 0 bridgehead atoms. The number of benzene rings is 3. The van der Waals surface area contributed by atoms with Gasteiger partial charge in [0.1, 0.15) is 18.1 Å². The fourth-order valence-corrected chi connectivity index (χ4v) is 3.63. The summed E-state index contributed by atoms with van der Waals surface area (Å²) in [6, 6.07) is 20.2. The van der Waals surface area contributed by atoms with Crippen LogP contribution in [0, 0.1) is 0 Å².